The van der Waals surface area contributed by atoms with Crippen molar-refractivity contribution in [2.24, 2.45) is 5.92 Å². The van der Waals surface area contributed by atoms with Crippen LogP contribution in [0.15, 0.2) is 36.2 Å². The molecule has 1 unspecified atom stereocenters. The number of carbonyl (C=O) groups excluding carboxylic acids is 1. The zero-order chi connectivity index (χ0) is 16.1. The highest BCUT2D eigenvalue weighted by molar-refractivity contribution is 5.94. The molecule has 0 aromatic carbocycles. The SMILES string of the molecule is C[C@@]1(F)C=C2C(=O)O[C@@H]3CCC(C1)[C@]23OCCc1cccnc1. The summed E-state index contributed by atoms with van der Waals surface area (Å²) in [5.74, 6) is -0.410. The van der Waals surface area contributed by atoms with E-state index in [9.17, 15) is 9.18 Å². The van der Waals surface area contributed by atoms with Crippen LogP contribution in [0.25, 0.3) is 0 Å². The topological polar surface area (TPSA) is 48.4 Å². The Kier molecular flexibility index (Phi) is 3.30. The Morgan fingerprint density at radius 2 is 2.35 bits per heavy atom. The van der Waals surface area contributed by atoms with Crippen molar-refractivity contribution in [3.63, 3.8) is 0 Å². The molecule has 2 heterocycles. The van der Waals surface area contributed by atoms with Gasteiger partial charge in [-0.3, -0.25) is 4.98 Å². The third-order valence-corrected chi connectivity index (χ3v) is 5.30. The molecule has 1 aromatic heterocycles. The number of hydrogen-bond acceptors (Lipinski definition) is 4. The minimum atomic E-state index is -1.46. The molecule has 5 heteroatoms. The number of halogens is 1. The number of alkyl halides is 1. The van der Waals surface area contributed by atoms with Crippen molar-refractivity contribution in [1.29, 1.82) is 0 Å². The third kappa shape index (κ3) is 2.29. The zero-order valence-corrected chi connectivity index (χ0v) is 13.1. The van der Waals surface area contributed by atoms with Gasteiger partial charge < -0.3 is 9.47 Å². The molecule has 0 bridgehead atoms. The second-order valence-electron chi connectivity index (χ2n) is 6.96. The lowest BCUT2D eigenvalue weighted by atomic mass is 9.72. The van der Waals surface area contributed by atoms with Crippen molar-refractivity contribution < 1.29 is 18.7 Å². The number of rotatable bonds is 4. The van der Waals surface area contributed by atoms with Gasteiger partial charge in [0.2, 0.25) is 0 Å². The first kappa shape index (κ1) is 14.8. The van der Waals surface area contributed by atoms with Crippen molar-refractivity contribution in [2.45, 2.75) is 50.0 Å². The first-order chi connectivity index (χ1) is 11.0. The lowest BCUT2D eigenvalue weighted by Gasteiger charge is -2.40. The van der Waals surface area contributed by atoms with Gasteiger partial charge in [-0.2, -0.15) is 0 Å². The van der Waals surface area contributed by atoms with E-state index >= 15 is 0 Å². The van der Waals surface area contributed by atoms with Crippen LogP contribution in [0.1, 0.15) is 31.7 Å². The van der Waals surface area contributed by atoms with Crippen molar-refractivity contribution in [2.75, 3.05) is 6.61 Å². The highest BCUT2D eigenvalue weighted by Gasteiger charge is 2.65. The van der Waals surface area contributed by atoms with E-state index in [1.54, 1.807) is 6.20 Å². The second-order valence-corrected chi connectivity index (χ2v) is 6.96. The van der Waals surface area contributed by atoms with Crippen LogP contribution in [0, 0.1) is 5.92 Å². The maximum atomic E-state index is 14.5. The molecule has 1 aliphatic heterocycles. The summed E-state index contributed by atoms with van der Waals surface area (Å²) in [6, 6.07) is 3.88. The molecule has 122 valence electrons. The van der Waals surface area contributed by atoms with Gasteiger partial charge in [0.05, 0.1) is 12.2 Å². The fourth-order valence-electron chi connectivity index (χ4n) is 4.38. The van der Waals surface area contributed by atoms with Crippen LogP contribution < -0.4 is 0 Å². The normalized spacial score (nSPS) is 38.2. The molecule has 3 aliphatic rings. The number of aromatic nitrogens is 1. The number of allylic oxidation sites excluding steroid dienone is 1. The van der Waals surface area contributed by atoms with Gasteiger partial charge >= 0.3 is 5.97 Å². The van der Waals surface area contributed by atoms with Gasteiger partial charge in [-0.15, -0.1) is 0 Å². The van der Waals surface area contributed by atoms with E-state index in [0.29, 0.717) is 25.0 Å². The second kappa shape index (κ2) is 5.13. The average molecular weight is 317 g/mol. The predicted molar refractivity (Wildman–Crippen MR) is 81.4 cm³/mol. The van der Waals surface area contributed by atoms with Gasteiger partial charge in [-0.1, -0.05) is 6.07 Å². The molecule has 0 N–H and O–H groups in total. The monoisotopic (exact) mass is 317 g/mol. The quantitative estimate of drug-likeness (QED) is 0.801. The molecule has 1 aromatic rings. The fourth-order valence-corrected chi connectivity index (χ4v) is 4.38. The number of nitrogens with zero attached hydrogens (tertiary/aromatic N) is 1. The summed E-state index contributed by atoms with van der Waals surface area (Å²) in [5.41, 5.74) is -0.732. The Balaban J connectivity index is 1.59. The number of esters is 1. The molecule has 1 saturated heterocycles. The molecule has 4 nitrogen and oxygen atoms in total. The fraction of sp³-hybridized carbons (Fsp3) is 0.556. The standard InChI is InChI=1S/C18H20FNO3/c1-17(19)9-13-4-5-15-18(13,14(10-17)16(21)23-15)22-8-6-12-3-2-7-20-11-12/h2-3,7,10-11,13,15H,4-6,8-9H2,1H3/t13?,15-,17+,18+/m1/s1. The number of carbonyl (C=O) groups is 1. The van der Waals surface area contributed by atoms with Gasteiger partial charge in [0, 0.05) is 12.4 Å². The summed E-state index contributed by atoms with van der Waals surface area (Å²) in [6.07, 6.45) is 7.38. The zero-order valence-electron chi connectivity index (χ0n) is 13.1. The highest BCUT2D eigenvalue weighted by Crippen LogP contribution is 2.56. The van der Waals surface area contributed by atoms with E-state index in [1.807, 2.05) is 18.3 Å². The van der Waals surface area contributed by atoms with Gasteiger partial charge in [0.1, 0.15) is 17.4 Å². The van der Waals surface area contributed by atoms with Gasteiger partial charge in [-0.25, -0.2) is 9.18 Å². The largest absolute Gasteiger partial charge is 0.455 e. The van der Waals surface area contributed by atoms with Crippen LogP contribution in [-0.4, -0.2) is 34.9 Å². The van der Waals surface area contributed by atoms with E-state index in [0.717, 1.165) is 18.4 Å². The predicted octanol–water partition coefficient (Wildman–Crippen LogP) is 2.77. The number of ether oxygens (including phenoxy) is 2. The molecule has 0 radical (unpaired) electrons. The molecule has 0 spiro atoms. The van der Waals surface area contributed by atoms with E-state index in [1.165, 1.54) is 13.0 Å². The van der Waals surface area contributed by atoms with E-state index in [-0.39, 0.29) is 12.0 Å². The molecule has 4 rings (SSSR count). The van der Waals surface area contributed by atoms with E-state index in [4.69, 9.17) is 9.47 Å². The lowest BCUT2D eigenvalue weighted by Crippen LogP contribution is -2.49. The minimum Gasteiger partial charge on any atom is -0.455 e. The summed E-state index contributed by atoms with van der Waals surface area (Å²) in [5, 5.41) is 0. The Morgan fingerprint density at radius 3 is 3.13 bits per heavy atom. The highest BCUT2D eigenvalue weighted by atomic mass is 19.1. The number of hydrogen-bond donors (Lipinski definition) is 0. The summed E-state index contributed by atoms with van der Waals surface area (Å²) < 4.78 is 26.3. The van der Waals surface area contributed by atoms with E-state index in [2.05, 4.69) is 4.98 Å². The van der Waals surface area contributed by atoms with Crippen LogP contribution in [0.4, 0.5) is 4.39 Å². The molecule has 2 fully saturated rings. The Morgan fingerprint density at radius 1 is 1.48 bits per heavy atom. The molecule has 1 saturated carbocycles. The first-order valence-corrected chi connectivity index (χ1v) is 8.17. The van der Waals surface area contributed by atoms with Crippen LogP contribution in [-0.2, 0) is 20.7 Å². The Hall–Kier alpha value is -1.75. The maximum Gasteiger partial charge on any atom is 0.337 e. The van der Waals surface area contributed by atoms with Crippen LogP contribution >= 0.6 is 0 Å². The summed E-state index contributed by atoms with van der Waals surface area (Å²) in [4.78, 5) is 16.3. The Bertz CT molecular complexity index is 657. The lowest BCUT2D eigenvalue weighted by molar-refractivity contribution is -0.142. The van der Waals surface area contributed by atoms with Gasteiger partial charge in [-0.05, 0) is 56.2 Å². The van der Waals surface area contributed by atoms with Crippen LogP contribution in [0.3, 0.4) is 0 Å². The van der Waals surface area contributed by atoms with Crippen molar-refractivity contribution in [3.05, 3.63) is 41.7 Å². The van der Waals surface area contributed by atoms with Crippen LogP contribution in [0.5, 0.6) is 0 Å². The minimum absolute atomic E-state index is 0.00264. The average Bonchev–Trinajstić information content (AvgIpc) is 2.98. The molecule has 2 aliphatic carbocycles. The smallest absolute Gasteiger partial charge is 0.337 e. The summed E-state index contributed by atoms with van der Waals surface area (Å²) in [6.45, 7) is 1.99. The van der Waals surface area contributed by atoms with Crippen molar-refractivity contribution in [3.8, 4) is 0 Å². The molecule has 0 amide bonds. The third-order valence-electron chi connectivity index (χ3n) is 5.30. The summed E-state index contributed by atoms with van der Waals surface area (Å²) >= 11 is 0. The Labute approximate surface area is 134 Å². The molecular weight excluding hydrogens is 297 g/mol. The number of pyridine rings is 1. The maximum absolute atomic E-state index is 14.5. The van der Waals surface area contributed by atoms with Crippen molar-refractivity contribution >= 4 is 5.97 Å². The van der Waals surface area contributed by atoms with E-state index < -0.39 is 17.2 Å². The molecular formula is C18H20FNO3. The van der Waals surface area contributed by atoms with Crippen LogP contribution in [0.2, 0.25) is 0 Å². The molecule has 23 heavy (non-hydrogen) atoms. The summed E-state index contributed by atoms with van der Waals surface area (Å²) in [7, 11) is 0. The van der Waals surface area contributed by atoms with Gasteiger partial charge in [0.15, 0.2) is 0 Å². The van der Waals surface area contributed by atoms with Crippen molar-refractivity contribution in [1.82, 2.24) is 4.98 Å². The first-order valence-electron chi connectivity index (χ1n) is 8.17. The van der Waals surface area contributed by atoms with Gasteiger partial charge in [0.25, 0.3) is 0 Å². The molecule has 4 atom stereocenters.